The van der Waals surface area contributed by atoms with Crippen LogP contribution < -0.4 is 10.6 Å². The predicted octanol–water partition coefficient (Wildman–Crippen LogP) is 4.80. The third-order valence-electron chi connectivity index (χ3n) is 5.80. The Morgan fingerprint density at radius 1 is 1.19 bits per heavy atom. The van der Waals surface area contributed by atoms with Gasteiger partial charge in [-0.3, -0.25) is 14.5 Å². The van der Waals surface area contributed by atoms with Crippen LogP contribution in [0.5, 0.6) is 0 Å². The lowest BCUT2D eigenvalue weighted by Gasteiger charge is -2.25. The van der Waals surface area contributed by atoms with E-state index in [1.165, 1.54) is 11.6 Å². The highest BCUT2D eigenvalue weighted by atomic mass is 35.5. The number of carbonyl (C=O) groups is 2. The molecule has 2 aromatic rings. The van der Waals surface area contributed by atoms with Crippen molar-refractivity contribution in [2.45, 2.75) is 37.9 Å². The first-order valence-electron chi connectivity index (χ1n) is 10.7. The van der Waals surface area contributed by atoms with E-state index in [-0.39, 0.29) is 28.9 Å². The highest BCUT2D eigenvalue weighted by Crippen LogP contribution is 2.25. The molecular formula is C24H29Cl2N3O2S. The van der Waals surface area contributed by atoms with Gasteiger partial charge in [-0.1, -0.05) is 53.5 Å². The summed E-state index contributed by atoms with van der Waals surface area (Å²) in [7, 11) is 0. The Morgan fingerprint density at radius 3 is 2.62 bits per heavy atom. The summed E-state index contributed by atoms with van der Waals surface area (Å²) >= 11 is 13.7. The van der Waals surface area contributed by atoms with Crippen molar-refractivity contribution in [3.63, 3.8) is 0 Å². The number of hydrogen-bond acceptors (Lipinski definition) is 4. The highest BCUT2D eigenvalue weighted by Gasteiger charge is 2.30. The number of hydrogen-bond donors (Lipinski definition) is 2. The first kappa shape index (κ1) is 24.9. The smallest absolute Gasteiger partial charge is 0.253 e. The summed E-state index contributed by atoms with van der Waals surface area (Å²) in [5, 5.41) is 6.72. The summed E-state index contributed by atoms with van der Waals surface area (Å²) < 4.78 is 0. The fourth-order valence-electron chi connectivity index (χ4n) is 3.92. The molecule has 0 bridgehead atoms. The maximum absolute atomic E-state index is 13.0. The number of halogens is 2. The fraction of sp³-hybridized carbons (Fsp3) is 0.417. The van der Waals surface area contributed by atoms with Crippen LogP contribution in [0.1, 0.15) is 41.7 Å². The van der Waals surface area contributed by atoms with Crippen LogP contribution in [-0.4, -0.2) is 53.9 Å². The Bertz CT molecular complexity index is 929. The Hall–Kier alpha value is -1.73. The minimum absolute atomic E-state index is 0.0569. The van der Waals surface area contributed by atoms with Crippen molar-refractivity contribution in [1.82, 2.24) is 15.5 Å². The summed E-state index contributed by atoms with van der Waals surface area (Å²) in [6.45, 7) is 3.90. The molecule has 0 saturated carbocycles. The van der Waals surface area contributed by atoms with E-state index in [0.717, 1.165) is 25.3 Å². The van der Waals surface area contributed by atoms with Crippen molar-refractivity contribution in [2.24, 2.45) is 0 Å². The van der Waals surface area contributed by atoms with E-state index in [4.69, 9.17) is 23.2 Å². The van der Waals surface area contributed by atoms with Crippen LogP contribution in [0.3, 0.4) is 0 Å². The maximum atomic E-state index is 13.0. The predicted molar refractivity (Wildman–Crippen MR) is 134 cm³/mol. The van der Waals surface area contributed by atoms with Gasteiger partial charge < -0.3 is 10.6 Å². The molecule has 3 unspecified atom stereocenters. The lowest BCUT2D eigenvalue weighted by molar-refractivity contribution is -0.123. The van der Waals surface area contributed by atoms with Crippen LogP contribution in [0.4, 0.5) is 0 Å². The van der Waals surface area contributed by atoms with Crippen LogP contribution in [-0.2, 0) is 4.79 Å². The van der Waals surface area contributed by atoms with Crippen LogP contribution in [0.15, 0.2) is 48.5 Å². The average Bonchev–Trinajstić information content (AvgIpc) is 3.24. The third kappa shape index (κ3) is 6.64. The van der Waals surface area contributed by atoms with Gasteiger partial charge in [0.2, 0.25) is 5.91 Å². The Kier molecular flexibility index (Phi) is 9.29. The molecule has 2 aromatic carbocycles. The lowest BCUT2D eigenvalue weighted by atomic mass is 10.1. The molecule has 1 aliphatic rings. The number of rotatable bonds is 9. The van der Waals surface area contributed by atoms with Gasteiger partial charge in [0.15, 0.2) is 0 Å². The summed E-state index contributed by atoms with van der Waals surface area (Å²) in [6, 6.07) is 14.8. The van der Waals surface area contributed by atoms with E-state index in [1.807, 2.05) is 24.5 Å². The Morgan fingerprint density at radius 2 is 1.94 bits per heavy atom. The molecule has 8 heteroatoms. The molecule has 5 nitrogen and oxygen atoms in total. The quantitative estimate of drug-likeness (QED) is 0.526. The second-order valence-corrected chi connectivity index (χ2v) is 9.84. The second kappa shape index (κ2) is 11.9. The van der Waals surface area contributed by atoms with E-state index in [9.17, 15) is 9.59 Å². The van der Waals surface area contributed by atoms with E-state index >= 15 is 0 Å². The van der Waals surface area contributed by atoms with Gasteiger partial charge in [0.25, 0.3) is 5.91 Å². The minimum atomic E-state index is -0.623. The zero-order valence-electron chi connectivity index (χ0n) is 18.3. The number of carbonyl (C=O) groups excluding carboxylic acids is 2. The molecule has 3 atom stereocenters. The van der Waals surface area contributed by atoms with E-state index in [2.05, 4.69) is 34.6 Å². The first-order chi connectivity index (χ1) is 15.4. The molecule has 1 heterocycles. The molecule has 0 aliphatic carbocycles. The molecule has 2 amide bonds. The number of amides is 2. The second-order valence-electron chi connectivity index (χ2n) is 8.01. The molecule has 32 heavy (non-hydrogen) atoms. The Balaban J connectivity index is 1.60. The van der Waals surface area contributed by atoms with Gasteiger partial charge in [0, 0.05) is 30.2 Å². The van der Waals surface area contributed by atoms with Crippen molar-refractivity contribution in [2.75, 3.05) is 25.1 Å². The molecule has 172 valence electrons. The zero-order chi connectivity index (χ0) is 23.1. The molecule has 1 saturated heterocycles. The van der Waals surface area contributed by atoms with Crippen LogP contribution >= 0.6 is 35.0 Å². The fourth-order valence-corrected chi connectivity index (χ4v) is 4.88. The number of nitrogens with zero attached hydrogens (tertiary/aromatic N) is 1. The molecule has 2 N–H and O–H groups in total. The van der Waals surface area contributed by atoms with Crippen molar-refractivity contribution in [3.8, 4) is 0 Å². The van der Waals surface area contributed by atoms with Crippen molar-refractivity contribution in [1.29, 1.82) is 0 Å². The molecule has 1 fully saturated rings. The lowest BCUT2D eigenvalue weighted by Crippen LogP contribution is -2.50. The Labute approximate surface area is 204 Å². The van der Waals surface area contributed by atoms with Gasteiger partial charge in [-0.15, -0.1) is 0 Å². The van der Waals surface area contributed by atoms with Gasteiger partial charge in [0.05, 0.1) is 10.6 Å². The minimum Gasteiger partial charge on any atom is -0.350 e. The van der Waals surface area contributed by atoms with Crippen LogP contribution in [0.25, 0.3) is 0 Å². The van der Waals surface area contributed by atoms with E-state index in [1.54, 1.807) is 23.9 Å². The third-order valence-corrected chi connectivity index (χ3v) is 7.00. The highest BCUT2D eigenvalue weighted by molar-refractivity contribution is 7.98. The first-order valence-corrected chi connectivity index (χ1v) is 12.9. The molecule has 0 radical (unpaired) electrons. The van der Waals surface area contributed by atoms with Gasteiger partial charge in [-0.2, -0.15) is 11.8 Å². The number of likely N-dealkylation sites (tertiary alicyclic amines) is 1. The summed E-state index contributed by atoms with van der Waals surface area (Å²) in [4.78, 5) is 28.2. The normalized spacial score (nSPS) is 18.2. The topological polar surface area (TPSA) is 61.4 Å². The van der Waals surface area contributed by atoms with Crippen molar-refractivity contribution < 1.29 is 9.59 Å². The molecular weight excluding hydrogens is 465 g/mol. The number of thioether (sulfide) groups is 1. The largest absolute Gasteiger partial charge is 0.350 e. The number of benzene rings is 2. The monoisotopic (exact) mass is 493 g/mol. The van der Waals surface area contributed by atoms with Gasteiger partial charge in [-0.25, -0.2) is 0 Å². The molecule has 0 spiro atoms. The summed E-state index contributed by atoms with van der Waals surface area (Å²) in [6.07, 6.45) is 3.41. The molecule has 0 aromatic heterocycles. The standard InChI is InChI=1S/C24H29Cl2N3O2S/c1-16(17-6-4-3-5-7-17)29-12-10-19(15-29)27-24(31)22(11-13-32-2)28-23(30)20-9-8-18(25)14-21(20)26/h3-9,14,16,19,22H,10-13,15H2,1-2H3,(H,27,31)(H,28,30). The maximum Gasteiger partial charge on any atom is 0.253 e. The van der Waals surface area contributed by atoms with Crippen molar-refractivity contribution >= 4 is 46.8 Å². The average molecular weight is 494 g/mol. The molecule has 1 aliphatic heterocycles. The van der Waals surface area contributed by atoms with Gasteiger partial charge in [-0.05, 0) is 55.5 Å². The van der Waals surface area contributed by atoms with E-state index in [0.29, 0.717) is 17.0 Å². The SMILES string of the molecule is CSCCC(NC(=O)c1ccc(Cl)cc1Cl)C(=O)NC1CCN(C(C)c2ccccc2)C1. The van der Waals surface area contributed by atoms with E-state index < -0.39 is 6.04 Å². The van der Waals surface area contributed by atoms with Crippen LogP contribution in [0, 0.1) is 0 Å². The van der Waals surface area contributed by atoms with Crippen LogP contribution in [0.2, 0.25) is 10.0 Å². The molecule has 3 rings (SSSR count). The van der Waals surface area contributed by atoms with Crippen molar-refractivity contribution in [3.05, 3.63) is 69.7 Å². The number of nitrogens with one attached hydrogen (secondary N) is 2. The van der Waals surface area contributed by atoms with Gasteiger partial charge >= 0.3 is 0 Å². The van der Waals surface area contributed by atoms with Gasteiger partial charge in [0.1, 0.15) is 6.04 Å². The zero-order valence-corrected chi connectivity index (χ0v) is 20.6. The summed E-state index contributed by atoms with van der Waals surface area (Å²) in [5.41, 5.74) is 1.58. The summed E-state index contributed by atoms with van der Waals surface area (Å²) in [5.74, 6) is 0.226.